The number of aryl methyl sites for hydroxylation is 1. The summed E-state index contributed by atoms with van der Waals surface area (Å²) >= 11 is 1.25. The summed E-state index contributed by atoms with van der Waals surface area (Å²) in [4.78, 5) is 12.4. The molecule has 0 aliphatic carbocycles. The molecule has 0 bridgehead atoms. The van der Waals surface area contributed by atoms with E-state index in [4.69, 9.17) is 0 Å². The largest absolute Gasteiger partial charge is 0.323 e. The zero-order chi connectivity index (χ0) is 20.9. The number of hydrogen-bond donors (Lipinski definition) is 1. The van der Waals surface area contributed by atoms with E-state index in [1.807, 2.05) is 66.1 Å². The standard InChI is InChI=1S/C23H19FN4OS/c1-16-8-7-11-18(14-16)28-22(17-9-3-2-4-10-17)26-27-23(28)30-15-21(29)25-20-13-6-5-12-19(20)24/h2-14H,15H2,1H3,(H,25,29). The molecule has 1 aromatic heterocycles. The van der Waals surface area contributed by atoms with Gasteiger partial charge in [-0.2, -0.15) is 0 Å². The van der Waals surface area contributed by atoms with Crippen LogP contribution in [0, 0.1) is 12.7 Å². The Labute approximate surface area is 178 Å². The average molecular weight is 418 g/mol. The fourth-order valence-corrected chi connectivity index (χ4v) is 3.77. The van der Waals surface area contributed by atoms with E-state index in [0.29, 0.717) is 11.0 Å². The van der Waals surface area contributed by atoms with Crippen LogP contribution in [0.15, 0.2) is 84.0 Å². The first-order valence-electron chi connectivity index (χ1n) is 9.37. The third-order valence-electron chi connectivity index (χ3n) is 4.41. The van der Waals surface area contributed by atoms with Crippen molar-refractivity contribution in [3.05, 3.63) is 90.2 Å². The first-order chi connectivity index (χ1) is 14.6. The number of hydrogen-bond acceptors (Lipinski definition) is 4. The third-order valence-corrected chi connectivity index (χ3v) is 5.33. The molecule has 30 heavy (non-hydrogen) atoms. The van der Waals surface area contributed by atoms with E-state index in [-0.39, 0.29) is 17.3 Å². The molecule has 0 saturated carbocycles. The summed E-state index contributed by atoms with van der Waals surface area (Å²) in [5.74, 6) is -0.0129. The Morgan fingerprint density at radius 1 is 1.00 bits per heavy atom. The van der Waals surface area contributed by atoms with Gasteiger partial charge in [0.25, 0.3) is 0 Å². The minimum atomic E-state index is -0.467. The summed E-state index contributed by atoms with van der Waals surface area (Å²) in [6.45, 7) is 2.02. The normalized spacial score (nSPS) is 10.7. The number of para-hydroxylation sites is 1. The van der Waals surface area contributed by atoms with Crippen molar-refractivity contribution in [1.82, 2.24) is 14.8 Å². The molecule has 150 valence electrons. The lowest BCUT2D eigenvalue weighted by atomic mass is 10.2. The Morgan fingerprint density at radius 3 is 2.53 bits per heavy atom. The number of thioether (sulfide) groups is 1. The van der Waals surface area contributed by atoms with Crippen LogP contribution in [0.5, 0.6) is 0 Å². The van der Waals surface area contributed by atoms with E-state index in [1.165, 1.54) is 23.9 Å². The van der Waals surface area contributed by atoms with Crippen LogP contribution < -0.4 is 5.32 Å². The molecule has 0 spiro atoms. The van der Waals surface area contributed by atoms with Crippen LogP contribution in [-0.2, 0) is 4.79 Å². The van der Waals surface area contributed by atoms with Crippen LogP contribution in [0.4, 0.5) is 10.1 Å². The smallest absolute Gasteiger partial charge is 0.234 e. The highest BCUT2D eigenvalue weighted by atomic mass is 32.2. The molecule has 1 amide bonds. The zero-order valence-corrected chi connectivity index (χ0v) is 17.1. The Balaban J connectivity index is 1.61. The lowest BCUT2D eigenvalue weighted by Crippen LogP contribution is -2.15. The fraction of sp³-hybridized carbons (Fsp3) is 0.0870. The van der Waals surface area contributed by atoms with Crippen molar-refractivity contribution in [3.8, 4) is 17.1 Å². The van der Waals surface area contributed by atoms with Gasteiger partial charge in [-0.25, -0.2) is 4.39 Å². The molecule has 0 atom stereocenters. The molecule has 0 aliphatic heterocycles. The summed E-state index contributed by atoms with van der Waals surface area (Å²) in [7, 11) is 0. The molecule has 3 aromatic carbocycles. The van der Waals surface area contributed by atoms with Gasteiger partial charge in [-0.05, 0) is 36.8 Å². The second-order valence-electron chi connectivity index (χ2n) is 6.66. The molecule has 0 aliphatic rings. The van der Waals surface area contributed by atoms with Gasteiger partial charge < -0.3 is 5.32 Å². The third kappa shape index (κ3) is 4.41. The Bertz CT molecular complexity index is 1180. The van der Waals surface area contributed by atoms with Crippen LogP contribution >= 0.6 is 11.8 Å². The quantitative estimate of drug-likeness (QED) is 0.442. The van der Waals surface area contributed by atoms with Gasteiger partial charge in [0.05, 0.1) is 11.4 Å². The lowest BCUT2D eigenvalue weighted by Gasteiger charge is -2.11. The summed E-state index contributed by atoms with van der Waals surface area (Å²) < 4.78 is 15.7. The molecule has 0 radical (unpaired) electrons. The van der Waals surface area contributed by atoms with Crippen molar-refractivity contribution < 1.29 is 9.18 Å². The Morgan fingerprint density at radius 2 is 1.77 bits per heavy atom. The van der Waals surface area contributed by atoms with Crippen LogP contribution in [0.2, 0.25) is 0 Å². The highest BCUT2D eigenvalue weighted by Crippen LogP contribution is 2.28. The summed E-state index contributed by atoms with van der Waals surface area (Å²) in [6, 6.07) is 23.9. The van der Waals surface area contributed by atoms with E-state index in [9.17, 15) is 9.18 Å². The number of rotatable bonds is 6. The van der Waals surface area contributed by atoms with Crippen molar-refractivity contribution in [2.45, 2.75) is 12.1 Å². The number of benzene rings is 3. The summed E-state index contributed by atoms with van der Waals surface area (Å²) in [6.07, 6.45) is 0. The van der Waals surface area contributed by atoms with Crippen LogP contribution in [0.1, 0.15) is 5.56 Å². The Hall–Kier alpha value is -3.45. The molecule has 7 heteroatoms. The average Bonchev–Trinajstić information content (AvgIpc) is 3.18. The van der Waals surface area contributed by atoms with E-state index in [0.717, 1.165) is 16.8 Å². The van der Waals surface area contributed by atoms with Crippen LogP contribution in [0.25, 0.3) is 17.1 Å². The lowest BCUT2D eigenvalue weighted by molar-refractivity contribution is -0.113. The van der Waals surface area contributed by atoms with E-state index >= 15 is 0 Å². The molecular weight excluding hydrogens is 399 g/mol. The first kappa shape index (κ1) is 19.8. The minimum Gasteiger partial charge on any atom is -0.323 e. The van der Waals surface area contributed by atoms with Gasteiger partial charge in [-0.1, -0.05) is 66.4 Å². The molecule has 1 N–H and O–H groups in total. The van der Waals surface area contributed by atoms with Gasteiger partial charge in [0, 0.05) is 11.3 Å². The van der Waals surface area contributed by atoms with Gasteiger partial charge in [-0.15, -0.1) is 10.2 Å². The second-order valence-corrected chi connectivity index (χ2v) is 7.61. The predicted molar refractivity (Wildman–Crippen MR) is 117 cm³/mol. The van der Waals surface area contributed by atoms with Gasteiger partial charge in [0.15, 0.2) is 11.0 Å². The number of halogens is 1. The molecule has 1 heterocycles. The van der Waals surface area contributed by atoms with Gasteiger partial charge >= 0.3 is 0 Å². The number of carbonyl (C=O) groups excluding carboxylic acids is 1. The SMILES string of the molecule is Cc1cccc(-n2c(SCC(=O)Nc3ccccc3F)nnc2-c2ccccc2)c1. The maximum Gasteiger partial charge on any atom is 0.234 e. The van der Waals surface area contributed by atoms with Crippen molar-refractivity contribution in [3.63, 3.8) is 0 Å². The zero-order valence-electron chi connectivity index (χ0n) is 16.2. The highest BCUT2D eigenvalue weighted by Gasteiger charge is 2.17. The summed E-state index contributed by atoms with van der Waals surface area (Å²) in [5, 5.41) is 11.9. The topological polar surface area (TPSA) is 59.8 Å². The van der Waals surface area contributed by atoms with Crippen LogP contribution in [-0.4, -0.2) is 26.4 Å². The fourth-order valence-electron chi connectivity index (χ4n) is 3.02. The molecule has 4 rings (SSSR count). The second kappa shape index (κ2) is 8.92. The first-order valence-corrected chi connectivity index (χ1v) is 10.4. The maximum atomic E-state index is 13.8. The maximum absolute atomic E-state index is 13.8. The highest BCUT2D eigenvalue weighted by molar-refractivity contribution is 7.99. The summed E-state index contributed by atoms with van der Waals surface area (Å²) in [5.41, 5.74) is 3.10. The van der Waals surface area contributed by atoms with E-state index < -0.39 is 5.82 Å². The number of nitrogens with zero attached hydrogens (tertiary/aromatic N) is 3. The monoisotopic (exact) mass is 418 g/mol. The predicted octanol–water partition coefficient (Wildman–Crippen LogP) is 5.11. The van der Waals surface area contributed by atoms with E-state index in [1.54, 1.807) is 12.1 Å². The number of anilines is 1. The van der Waals surface area contributed by atoms with Crippen molar-refractivity contribution in [1.29, 1.82) is 0 Å². The molecular formula is C23H19FN4OS. The van der Waals surface area contributed by atoms with Crippen molar-refractivity contribution in [2.75, 3.05) is 11.1 Å². The van der Waals surface area contributed by atoms with Gasteiger partial charge in [0.2, 0.25) is 5.91 Å². The minimum absolute atomic E-state index is 0.0765. The Kier molecular flexibility index (Phi) is 5.90. The number of carbonyl (C=O) groups is 1. The molecule has 0 fully saturated rings. The molecule has 4 aromatic rings. The van der Waals surface area contributed by atoms with Crippen molar-refractivity contribution >= 4 is 23.4 Å². The van der Waals surface area contributed by atoms with Crippen LogP contribution in [0.3, 0.4) is 0 Å². The number of aromatic nitrogens is 3. The van der Waals surface area contributed by atoms with Gasteiger partial charge in [0.1, 0.15) is 5.82 Å². The molecule has 5 nitrogen and oxygen atoms in total. The van der Waals surface area contributed by atoms with Crippen molar-refractivity contribution in [2.24, 2.45) is 0 Å². The number of nitrogens with one attached hydrogen (secondary N) is 1. The van der Waals surface area contributed by atoms with Gasteiger partial charge in [-0.3, -0.25) is 9.36 Å². The molecule has 0 unspecified atom stereocenters. The van der Waals surface area contributed by atoms with E-state index in [2.05, 4.69) is 15.5 Å². The molecule has 0 saturated heterocycles. The number of amides is 1.